The lowest BCUT2D eigenvalue weighted by molar-refractivity contribution is -0.118. The van der Waals surface area contributed by atoms with Crippen molar-refractivity contribution < 1.29 is 4.79 Å². The van der Waals surface area contributed by atoms with Gasteiger partial charge in [0, 0.05) is 45.5 Å². The van der Waals surface area contributed by atoms with Crippen molar-refractivity contribution in [3.05, 3.63) is 18.3 Å². The van der Waals surface area contributed by atoms with Gasteiger partial charge in [0.1, 0.15) is 0 Å². The summed E-state index contributed by atoms with van der Waals surface area (Å²) in [7, 11) is 5.83. The van der Waals surface area contributed by atoms with Gasteiger partial charge in [-0.05, 0) is 64.4 Å². The van der Waals surface area contributed by atoms with Crippen LogP contribution in [0.2, 0.25) is 0 Å². The number of carbonyl (C=O) groups excluding carboxylic acids is 1. The van der Waals surface area contributed by atoms with Crippen molar-refractivity contribution >= 4 is 12.2 Å². The molecule has 0 saturated carbocycles. The van der Waals surface area contributed by atoms with E-state index in [4.69, 9.17) is 0 Å². The summed E-state index contributed by atoms with van der Waals surface area (Å²) in [4.78, 5) is 16.8. The van der Waals surface area contributed by atoms with E-state index in [-0.39, 0.29) is 6.04 Å². The Morgan fingerprint density at radius 3 is 2.33 bits per heavy atom. The van der Waals surface area contributed by atoms with E-state index in [1.165, 1.54) is 32.5 Å². The maximum atomic E-state index is 10.6. The van der Waals surface area contributed by atoms with E-state index in [0.717, 1.165) is 37.2 Å². The number of nitrogens with one attached hydrogen (secondary N) is 1. The Labute approximate surface area is 185 Å². The van der Waals surface area contributed by atoms with Gasteiger partial charge >= 0.3 is 0 Å². The lowest BCUT2D eigenvalue weighted by Crippen LogP contribution is -2.42. The number of carbonyl (C=O) groups is 1. The molecule has 1 aromatic rings. The minimum Gasteiger partial charge on any atom is -0.358 e. The van der Waals surface area contributed by atoms with Crippen molar-refractivity contribution in [3.8, 4) is 0 Å². The van der Waals surface area contributed by atoms with Crippen LogP contribution < -0.4 is 10.2 Å². The van der Waals surface area contributed by atoms with Gasteiger partial charge in [-0.3, -0.25) is 4.79 Å². The largest absolute Gasteiger partial charge is 0.358 e. The number of amides is 1. The molecular formula is C23H46N6O. The van der Waals surface area contributed by atoms with E-state index in [2.05, 4.69) is 41.3 Å². The summed E-state index contributed by atoms with van der Waals surface area (Å²) in [5.41, 5.74) is 0. The molecule has 174 valence electrons. The van der Waals surface area contributed by atoms with Crippen LogP contribution >= 0.6 is 0 Å². The molecule has 30 heavy (non-hydrogen) atoms. The molecule has 1 aliphatic heterocycles. The van der Waals surface area contributed by atoms with Gasteiger partial charge in [-0.2, -0.15) is 5.10 Å². The Morgan fingerprint density at radius 1 is 1.23 bits per heavy atom. The maximum Gasteiger partial charge on any atom is 0.209 e. The fourth-order valence-electron chi connectivity index (χ4n) is 3.22. The number of nitrogens with zero attached hydrogens (tertiary/aromatic N) is 5. The van der Waals surface area contributed by atoms with E-state index in [1.807, 2.05) is 44.9 Å². The third-order valence-corrected chi connectivity index (χ3v) is 5.31. The summed E-state index contributed by atoms with van der Waals surface area (Å²) in [6.45, 7) is 15.3. The van der Waals surface area contributed by atoms with Gasteiger partial charge in [-0.15, -0.1) is 5.10 Å². The monoisotopic (exact) mass is 422 g/mol. The summed E-state index contributed by atoms with van der Waals surface area (Å²) in [5.74, 6) is 1.67. The molecule has 0 aromatic carbocycles. The smallest absolute Gasteiger partial charge is 0.209 e. The van der Waals surface area contributed by atoms with E-state index < -0.39 is 0 Å². The molecule has 7 nitrogen and oxygen atoms in total. The van der Waals surface area contributed by atoms with Gasteiger partial charge in [0.15, 0.2) is 5.82 Å². The Kier molecular flexibility index (Phi) is 16.0. The molecule has 2 heterocycles. The number of anilines is 1. The van der Waals surface area contributed by atoms with E-state index >= 15 is 0 Å². The molecule has 0 spiro atoms. The van der Waals surface area contributed by atoms with Gasteiger partial charge in [0.05, 0.1) is 0 Å². The fraction of sp³-hybridized carbons (Fsp3) is 0.783. The standard InChI is InChI=1S/C11H18N4O.C10H22N2.C2H6/c1-10(15(3)9-16)6-8-14(2)11-5-4-7-12-13-11;1-9(2)8-12-6-4-10(11-3)5-7-12;1-2/h4-5,7,9-10H,6,8H2,1-3H3;9-11H,4-8H2,1-3H3;1-2H3. The molecular weight excluding hydrogens is 376 g/mol. The van der Waals surface area contributed by atoms with Crippen molar-refractivity contribution in [1.29, 1.82) is 0 Å². The number of likely N-dealkylation sites (tertiary alicyclic amines) is 1. The number of piperidine rings is 1. The molecule has 1 unspecified atom stereocenters. The van der Waals surface area contributed by atoms with Crippen molar-refractivity contribution in [3.63, 3.8) is 0 Å². The Balaban J connectivity index is 0.000000535. The maximum absolute atomic E-state index is 10.6. The second-order valence-corrected chi connectivity index (χ2v) is 8.17. The normalized spacial score (nSPS) is 15.4. The molecule has 1 N–H and O–H groups in total. The summed E-state index contributed by atoms with van der Waals surface area (Å²) in [6.07, 6.45) is 6.06. The Bertz CT molecular complexity index is 520. The molecule has 1 saturated heterocycles. The van der Waals surface area contributed by atoms with Gasteiger partial charge in [-0.25, -0.2) is 0 Å². The molecule has 1 fully saturated rings. The molecule has 1 aromatic heterocycles. The van der Waals surface area contributed by atoms with Crippen molar-refractivity contribution in [1.82, 2.24) is 25.3 Å². The van der Waals surface area contributed by atoms with Crippen LogP contribution in [0.5, 0.6) is 0 Å². The van der Waals surface area contributed by atoms with Gasteiger partial charge in [0.25, 0.3) is 0 Å². The van der Waals surface area contributed by atoms with Crippen LogP contribution in [0.25, 0.3) is 0 Å². The minimum atomic E-state index is 0.233. The highest BCUT2D eigenvalue weighted by Crippen LogP contribution is 2.11. The first kappa shape index (κ1) is 28.3. The van der Waals surface area contributed by atoms with Crippen LogP contribution in [0.4, 0.5) is 5.82 Å². The van der Waals surface area contributed by atoms with Crippen LogP contribution in [-0.4, -0.2) is 85.8 Å². The minimum absolute atomic E-state index is 0.233. The van der Waals surface area contributed by atoms with Crippen LogP contribution in [0.3, 0.4) is 0 Å². The summed E-state index contributed by atoms with van der Waals surface area (Å²) < 4.78 is 0. The van der Waals surface area contributed by atoms with Crippen LogP contribution in [-0.2, 0) is 4.79 Å². The van der Waals surface area contributed by atoms with E-state index in [9.17, 15) is 4.79 Å². The topological polar surface area (TPSA) is 64.6 Å². The average Bonchev–Trinajstić information content (AvgIpc) is 2.79. The second kappa shape index (κ2) is 17.0. The summed E-state index contributed by atoms with van der Waals surface area (Å²) in [5, 5.41) is 11.2. The first-order valence-corrected chi connectivity index (χ1v) is 11.4. The highest BCUT2D eigenvalue weighted by Gasteiger charge is 2.17. The number of hydrogen-bond acceptors (Lipinski definition) is 6. The predicted molar refractivity (Wildman–Crippen MR) is 128 cm³/mol. The van der Waals surface area contributed by atoms with E-state index in [1.54, 1.807) is 18.1 Å². The zero-order valence-electron chi connectivity index (χ0n) is 20.6. The average molecular weight is 423 g/mol. The van der Waals surface area contributed by atoms with Crippen molar-refractivity contribution in [2.75, 3.05) is 52.2 Å². The highest BCUT2D eigenvalue weighted by atomic mass is 16.1. The molecule has 0 bridgehead atoms. The lowest BCUT2D eigenvalue weighted by atomic mass is 10.0. The zero-order valence-corrected chi connectivity index (χ0v) is 20.6. The Morgan fingerprint density at radius 2 is 1.87 bits per heavy atom. The molecule has 1 amide bonds. The second-order valence-electron chi connectivity index (χ2n) is 8.17. The molecule has 7 heteroatoms. The summed E-state index contributed by atoms with van der Waals surface area (Å²) in [6, 6.07) is 4.78. The quantitative estimate of drug-likeness (QED) is 0.617. The van der Waals surface area contributed by atoms with Crippen LogP contribution in [0, 0.1) is 5.92 Å². The lowest BCUT2D eigenvalue weighted by Gasteiger charge is -2.32. The van der Waals surface area contributed by atoms with Crippen molar-refractivity contribution in [2.45, 2.75) is 66.0 Å². The van der Waals surface area contributed by atoms with Gasteiger partial charge < -0.3 is 20.0 Å². The fourth-order valence-corrected chi connectivity index (χ4v) is 3.22. The molecule has 0 aliphatic carbocycles. The zero-order chi connectivity index (χ0) is 22.9. The van der Waals surface area contributed by atoms with Crippen LogP contribution in [0.1, 0.15) is 53.9 Å². The molecule has 1 aliphatic rings. The number of hydrogen-bond donors (Lipinski definition) is 1. The Hall–Kier alpha value is -1.73. The number of rotatable bonds is 9. The molecule has 1 atom stereocenters. The van der Waals surface area contributed by atoms with Gasteiger partial charge in [0.2, 0.25) is 6.41 Å². The van der Waals surface area contributed by atoms with Gasteiger partial charge in [-0.1, -0.05) is 27.7 Å². The predicted octanol–water partition coefficient (Wildman–Crippen LogP) is 3.13. The molecule has 2 rings (SSSR count). The third kappa shape index (κ3) is 12.1. The summed E-state index contributed by atoms with van der Waals surface area (Å²) >= 11 is 0. The van der Waals surface area contributed by atoms with Crippen molar-refractivity contribution in [2.24, 2.45) is 5.92 Å². The first-order chi connectivity index (χ1) is 14.4. The first-order valence-electron chi connectivity index (χ1n) is 11.4. The third-order valence-electron chi connectivity index (χ3n) is 5.31. The SMILES string of the molecule is CC.CC(CCN(C)c1cccnn1)N(C)C=O.CNC1CCN(CC(C)C)CC1. The number of aromatic nitrogens is 2. The van der Waals surface area contributed by atoms with Crippen LogP contribution in [0.15, 0.2) is 18.3 Å². The highest BCUT2D eigenvalue weighted by molar-refractivity contribution is 5.46. The molecule has 0 radical (unpaired) electrons. The van der Waals surface area contributed by atoms with E-state index in [0.29, 0.717) is 0 Å².